The predicted octanol–water partition coefficient (Wildman–Crippen LogP) is 2.40. The van der Waals surface area contributed by atoms with Crippen LogP contribution in [0.15, 0.2) is 30.3 Å². The van der Waals surface area contributed by atoms with Gasteiger partial charge in [0.15, 0.2) is 0 Å². The predicted molar refractivity (Wildman–Crippen MR) is 79.6 cm³/mol. The summed E-state index contributed by atoms with van der Waals surface area (Å²) in [5.41, 5.74) is 0.457. The Labute approximate surface area is 121 Å². The molecule has 110 valence electrons. The summed E-state index contributed by atoms with van der Waals surface area (Å²) < 4.78 is 5.42. The topological polar surface area (TPSA) is 32.7 Å². The highest BCUT2D eigenvalue weighted by atomic mass is 16.5. The molecule has 3 heteroatoms. The number of nitrogens with zero attached hydrogens (tertiary/aromatic N) is 1. The summed E-state index contributed by atoms with van der Waals surface area (Å²) in [6.45, 7) is 5.03. The zero-order chi connectivity index (χ0) is 13.8. The zero-order valence-electron chi connectivity index (χ0n) is 12.1. The molecule has 0 bridgehead atoms. The third-order valence-corrected chi connectivity index (χ3v) is 4.85. The number of rotatable bonds is 3. The third-order valence-electron chi connectivity index (χ3n) is 4.85. The molecule has 2 aliphatic heterocycles. The van der Waals surface area contributed by atoms with Crippen molar-refractivity contribution in [2.75, 3.05) is 32.8 Å². The van der Waals surface area contributed by atoms with Gasteiger partial charge in [0.1, 0.15) is 0 Å². The second kappa shape index (κ2) is 6.25. The number of benzene rings is 1. The molecule has 1 N–H and O–H groups in total. The quantitative estimate of drug-likeness (QED) is 0.919. The molecule has 0 aromatic heterocycles. The number of ether oxygens (including phenoxy) is 1. The lowest BCUT2D eigenvalue weighted by atomic mass is 9.84. The number of hydrogen-bond acceptors (Lipinski definition) is 3. The summed E-state index contributed by atoms with van der Waals surface area (Å²) in [6.07, 6.45) is 4.08. The van der Waals surface area contributed by atoms with E-state index < -0.39 is 5.60 Å². The minimum Gasteiger partial charge on any atom is -0.385 e. The Morgan fingerprint density at radius 1 is 1.10 bits per heavy atom. The van der Waals surface area contributed by atoms with Crippen LogP contribution in [0.1, 0.15) is 31.2 Å². The summed E-state index contributed by atoms with van der Waals surface area (Å²) in [7, 11) is 0. The fourth-order valence-electron chi connectivity index (χ4n) is 3.44. The van der Waals surface area contributed by atoms with E-state index in [9.17, 15) is 5.11 Å². The van der Waals surface area contributed by atoms with Crippen molar-refractivity contribution in [3.05, 3.63) is 35.9 Å². The summed E-state index contributed by atoms with van der Waals surface area (Å²) >= 11 is 0. The second-order valence-electron chi connectivity index (χ2n) is 6.25. The first-order valence-electron chi connectivity index (χ1n) is 7.84. The highest BCUT2D eigenvalue weighted by molar-refractivity contribution is 5.22. The van der Waals surface area contributed by atoms with E-state index in [1.54, 1.807) is 0 Å². The maximum absolute atomic E-state index is 10.8. The van der Waals surface area contributed by atoms with Crippen molar-refractivity contribution in [2.45, 2.75) is 31.3 Å². The van der Waals surface area contributed by atoms with Crippen LogP contribution in [0.25, 0.3) is 0 Å². The van der Waals surface area contributed by atoms with E-state index >= 15 is 0 Å². The van der Waals surface area contributed by atoms with Gasteiger partial charge in [0.05, 0.1) is 5.60 Å². The molecule has 0 aliphatic carbocycles. The maximum atomic E-state index is 10.8. The average Bonchev–Trinajstić information content (AvgIpc) is 2.52. The molecular formula is C17H25NO2. The van der Waals surface area contributed by atoms with Crippen LogP contribution in [0.5, 0.6) is 0 Å². The SMILES string of the molecule is OC1(c2ccccc2)CCN(CC2CCOCC2)CC1. The second-order valence-corrected chi connectivity index (χ2v) is 6.25. The molecule has 2 heterocycles. The average molecular weight is 275 g/mol. The van der Waals surface area contributed by atoms with Crippen LogP contribution in [0.4, 0.5) is 0 Å². The van der Waals surface area contributed by atoms with Crippen molar-refractivity contribution in [2.24, 2.45) is 5.92 Å². The number of hydrogen-bond donors (Lipinski definition) is 1. The van der Waals surface area contributed by atoms with Crippen LogP contribution in [-0.2, 0) is 10.3 Å². The van der Waals surface area contributed by atoms with Gasteiger partial charge < -0.3 is 14.7 Å². The molecule has 2 aliphatic rings. The van der Waals surface area contributed by atoms with Crippen LogP contribution in [0, 0.1) is 5.92 Å². The molecule has 3 rings (SSSR count). The van der Waals surface area contributed by atoms with E-state index in [1.807, 2.05) is 30.3 Å². The molecule has 0 saturated carbocycles. The molecule has 20 heavy (non-hydrogen) atoms. The molecule has 3 nitrogen and oxygen atoms in total. The van der Waals surface area contributed by atoms with Crippen LogP contribution >= 0.6 is 0 Å². The van der Waals surface area contributed by atoms with Gasteiger partial charge in [0.25, 0.3) is 0 Å². The lowest BCUT2D eigenvalue weighted by Gasteiger charge is -2.40. The zero-order valence-corrected chi connectivity index (χ0v) is 12.1. The van der Waals surface area contributed by atoms with E-state index in [1.165, 1.54) is 19.4 Å². The first-order valence-corrected chi connectivity index (χ1v) is 7.84. The molecule has 0 radical (unpaired) electrons. The Morgan fingerprint density at radius 2 is 1.75 bits per heavy atom. The fraction of sp³-hybridized carbons (Fsp3) is 0.647. The van der Waals surface area contributed by atoms with E-state index in [-0.39, 0.29) is 0 Å². The summed E-state index contributed by atoms with van der Waals surface area (Å²) in [6, 6.07) is 10.1. The van der Waals surface area contributed by atoms with Gasteiger partial charge in [-0.15, -0.1) is 0 Å². The lowest BCUT2D eigenvalue weighted by molar-refractivity contribution is -0.0337. The van der Waals surface area contributed by atoms with Gasteiger partial charge in [-0.3, -0.25) is 0 Å². The molecular weight excluding hydrogens is 250 g/mol. The Bertz CT molecular complexity index is 406. The molecule has 2 saturated heterocycles. The van der Waals surface area contributed by atoms with Crippen molar-refractivity contribution in [3.63, 3.8) is 0 Å². The summed E-state index contributed by atoms with van der Waals surface area (Å²) in [5, 5.41) is 10.8. The van der Waals surface area contributed by atoms with Crippen LogP contribution in [0.2, 0.25) is 0 Å². The Morgan fingerprint density at radius 3 is 2.40 bits per heavy atom. The molecule has 0 amide bonds. The highest BCUT2D eigenvalue weighted by Crippen LogP contribution is 2.33. The molecule has 1 aromatic carbocycles. The normalized spacial score (nSPS) is 24.6. The Kier molecular flexibility index (Phi) is 4.39. The lowest BCUT2D eigenvalue weighted by Crippen LogP contribution is -2.44. The van der Waals surface area contributed by atoms with Crippen LogP contribution < -0.4 is 0 Å². The van der Waals surface area contributed by atoms with Gasteiger partial charge in [-0.1, -0.05) is 30.3 Å². The number of piperidine rings is 1. The van der Waals surface area contributed by atoms with Crippen LogP contribution in [0.3, 0.4) is 0 Å². The first-order chi connectivity index (χ1) is 9.76. The van der Waals surface area contributed by atoms with E-state index in [4.69, 9.17) is 4.74 Å². The highest BCUT2D eigenvalue weighted by Gasteiger charge is 2.34. The van der Waals surface area contributed by atoms with Crippen molar-refractivity contribution in [1.29, 1.82) is 0 Å². The van der Waals surface area contributed by atoms with Gasteiger partial charge in [0.2, 0.25) is 0 Å². The largest absolute Gasteiger partial charge is 0.385 e. The maximum Gasteiger partial charge on any atom is 0.0920 e. The van der Waals surface area contributed by atoms with Crippen molar-refractivity contribution >= 4 is 0 Å². The van der Waals surface area contributed by atoms with Gasteiger partial charge >= 0.3 is 0 Å². The minimum atomic E-state index is -0.618. The van der Waals surface area contributed by atoms with Crippen molar-refractivity contribution in [1.82, 2.24) is 4.90 Å². The molecule has 0 spiro atoms. The monoisotopic (exact) mass is 275 g/mol. The molecule has 2 fully saturated rings. The fourth-order valence-corrected chi connectivity index (χ4v) is 3.44. The van der Waals surface area contributed by atoms with Gasteiger partial charge in [0, 0.05) is 32.8 Å². The third kappa shape index (κ3) is 3.22. The number of aliphatic hydroxyl groups is 1. The van der Waals surface area contributed by atoms with E-state index in [0.29, 0.717) is 0 Å². The smallest absolute Gasteiger partial charge is 0.0920 e. The van der Waals surface area contributed by atoms with Gasteiger partial charge in [-0.2, -0.15) is 0 Å². The Hall–Kier alpha value is -0.900. The molecule has 0 unspecified atom stereocenters. The van der Waals surface area contributed by atoms with Crippen molar-refractivity contribution < 1.29 is 9.84 Å². The Balaban J connectivity index is 1.53. The van der Waals surface area contributed by atoms with E-state index in [0.717, 1.165) is 50.6 Å². The van der Waals surface area contributed by atoms with Gasteiger partial charge in [-0.25, -0.2) is 0 Å². The van der Waals surface area contributed by atoms with E-state index in [2.05, 4.69) is 4.90 Å². The number of likely N-dealkylation sites (tertiary alicyclic amines) is 1. The summed E-state index contributed by atoms with van der Waals surface area (Å²) in [4.78, 5) is 2.52. The molecule has 1 aromatic rings. The summed E-state index contributed by atoms with van der Waals surface area (Å²) in [5.74, 6) is 0.784. The van der Waals surface area contributed by atoms with Gasteiger partial charge in [-0.05, 0) is 37.2 Å². The van der Waals surface area contributed by atoms with Crippen molar-refractivity contribution in [3.8, 4) is 0 Å². The first kappa shape index (κ1) is 14.1. The standard InChI is InChI=1S/C17H25NO2/c19-17(16-4-2-1-3-5-16)8-10-18(11-9-17)14-15-6-12-20-13-7-15/h1-5,15,19H,6-14H2. The van der Waals surface area contributed by atoms with Crippen LogP contribution in [-0.4, -0.2) is 42.9 Å². The molecule has 0 atom stereocenters. The minimum absolute atomic E-state index is 0.618.